The van der Waals surface area contributed by atoms with E-state index in [0.717, 1.165) is 33.9 Å². The summed E-state index contributed by atoms with van der Waals surface area (Å²) in [7, 11) is 0. The lowest BCUT2D eigenvalue weighted by molar-refractivity contribution is -0.115. The number of nitrogens with zero attached hydrogens (tertiary/aromatic N) is 1. The largest absolute Gasteiger partial charge is 0.494 e. The van der Waals surface area contributed by atoms with Gasteiger partial charge in [0.1, 0.15) is 11.6 Å². The molecule has 0 radical (unpaired) electrons. The minimum atomic E-state index is -0.0512. The van der Waals surface area contributed by atoms with Crippen LogP contribution in [-0.4, -0.2) is 22.5 Å². The molecule has 0 aliphatic carbocycles. The number of benzene rings is 2. The normalized spacial score (nSPS) is 10.7. The van der Waals surface area contributed by atoms with Crippen LogP contribution in [0.3, 0.4) is 0 Å². The fraction of sp³-hybridized carbons (Fsp3) is 0.222. The van der Waals surface area contributed by atoms with Crippen molar-refractivity contribution in [2.24, 2.45) is 0 Å². The topological polar surface area (TPSA) is 67.0 Å². The molecule has 0 bridgehead atoms. The molecule has 23 heavy (non-hydrogen) atoms. The second-order valence-electron chi connectivity index (χ2n) is 5.36. The van der Waals surface area contributed by atoms with Crippen molar-refractivity contribution < 1.29 is 9.53 Å². The highest BCUT2D eigenvalue weighted by molar-refractivity contribution is 5.92. The van der Waals surface area contributed by atoms with E-state index in [4.69, 9.17) is 4.74 Å². The molecule has 5 heteroatoms. The van der Waals surface area contributed by atoms with Crippen LogP contribution in [0.1, 0.15) is 18.3 Å². The highest BCUT2D eigenvalue weighted by atomic mass is 16.5. The second-order valence-corrected chi connectivity index (χ2v) is 5.36. The van der Waals surface area contributed by atoms with Gasteiger partial charge in [0.25, 0.3) is 0 Å². The number of carbonyl (C=O) groups excluding carboxylic acids is 1. The average molecular weight is 309 g/mol. The number of hydrogen-bond donors (Lipinski definition) is 2. The van der Waals surface area contributed by atoms with Gasteiger partial charge in [-0.2, -0.15) is 0 Å². The number of hydrogen-bond acceptors (Lipinski definition) is 3. The summed E-state index contributed by atoms with van der Waals surface area (Å²) in [6.07, 6.45) is 0.321. The summed E-state index contributed by atoms with van der Waals surface area (Å²) in [5, 5.41) is 2.89. The lowest BCUT2D eigenvalue weighted by Gasteiger charge is -2.07. The third-order valence-corrected chi connectivity index (χ3v) is 3.48. The Hall–Kier alpha value is -2.82. The Morgan fingerprint density at radius 1 is 1.22 bits per heavy atom. The van der Waals surface area contributed by atoms with Crippen LogP contribution in [0.5, 0.6) is 5.75 Å². The molecule has 3 rings (SSSR count). The van der Waals surface area contributed by atoms with Gasteiger partial charge in [-0.25, -0.2) is 4.98 Å². The first-order valence-electron chi connectivity index (χ1n) is 7.62. The predicted octanol–water partition coefficient (Wildman–Crippen LogP) is 3.45. The van der Waals surface area contributed by atoms with Gasteiger partial charge in [0.15, 0.2) is 0 Å². The van der Waals surface area contributed by atoms with Crippen molar-refractivity contribution >= 4 is 22.6 Å². The minimum Gasteiger partial charge on any atom is -0.494 e. The maximum Gasteiger partial charge on any atom is 0.228 e. The molecule has 0 atom stereocenters. The standard InChI is InChI=1S/C18H19N3O2/c1-3-23-15-7-5-14(6-8-15)21-18(22)11-13-4-9-16-17(10-13)20-12(2)19-16/h4-10H,3,11H2,1-2H3,(H,19,20)(H,21,22). The van der Waals surface area contributed by atoms with E-state index in [-0.39, 0.29) is 5.91 Å². The maximum atomic E-state index is 12.2. The van der Waals surface area contributed by atoms with E-state index in [1.807, 2.05) is 56.3 Å². The number of imidazole rings is 1. The van der Waals surface area contributed by atoms with Gasteiger partial charge in [-0.05, 0) is 55.8 Å². The SMILES string of the molecule is CCOc1ccc(NC(=O)Cc2ccc3nc(C)[nH]c3c2)cc1. The number of H-pyrrole nitrogens is 1. The van der Waals surface area contributed by atoms with Crippen molar-refractivity contribution in [1.82, 2.24) is 9.97 Å². The maximum absolute atomic E-state index is 12.2. The molecule has 0 spiro atoms. The Balaban J connectivity index is 1.65. The quantitative estimate of drug-likeness (QED) is 0.758. The summed E-state index contributed by atoms with van der Waals surface area (Å²) in [5.74, 6) is 1.62. The van der Waals surface area contributed by atoms with Crippen molar-refractivity contribution in [3.63, 3.8) is 0 Å². The second kappa shape index (κ2) is 6.52. The van der Waals surface area contributed by atoms with Crippen molar-refractivity contribution in [2.75, 3.05) is 11.9 Å². The van der Waals surface area contributed by atoms with Gasteiger partial charge in [-0.15, -0.1) is 0 Å². The van der Waals surface area contributed by atoms with E-state index in [9.17, 15) is 4.79 Å². The van der Waals surface area contributed by atoms with Crippen LogP contribution in [0, 0.1) is 6.92 Å². The predicted molar refractivity (Wildman–Crippen MR) is 90.8 cm³/mol. The Morgan fingerprint density at radius 2 is 2.00 bits per heavy atom. The van der Waals surface area contributed by atoms with Crippen molar-refractivity contribution in [3.8, 4) is 5.75 Å². The summed E-state index contributed by atoms with van der Waals surface area (Å²) >= 11 is 0. The molecule has 0 saturated carbocycles. The van der Waals surface area contributed by atoms with Crippen LogP contribution >= 0.6 is 0 Å². The smallest absolute Gasteiger partial charge is 0.228 e. The van der Waals surface area contributed by atoms with Crippen LogP contribution in [0.2, 0.25) is 0 Å². The van der Waals surface area contributed by atoms with Gasteiger partial charge in [-0.3, -0.25) is 4.79 Å². The van der Waals surface area contributed by atoms with Gasteiger partial charge in [0, 0.05) is 5.69 Å². The Kier molecular flexibility index (Phi) is 4.28. The lowest BCUT2D eigenvalue weighted by atomic mass is 10.1. The first-order chi connectivity index (χ1) is 11.1. The minimum absolute atomic E-state index is 0.0512. The summed E-state index contributed by atoms with van der Waals surface area (Å²) in [4.78, 5) is 19.7. The highest BCUT2D eigenvalue weighted by Gasteiger charge is 2.07. The molecule has 0 fully saturated rings. The summed E-state index contributed by atoms with van der Waals surface area (Å²) in [6, 6.07) is 13.2. The van der Waals surface area contributed by atoms with Crippen LogP contribution in [0.15, 0.2) is 42.5 Å². The van der Waals surface area contributed by atoms with Gasteiger partial charge < -0.3 is 15.0 Å². The number of aromatic nitrogens is 2. The fourth-order valence-corrected chi connectivity index (χ4v) is 2.49. The Labute approximate surface area is 134 Å². The molecular weight excluding hydrogens is 290 g/mol. The van der Waals surface area contributed by atoms with Crippen LogP contribution in [0.4, 0.5) is 5.69 Å². The number of amides is 1. The average Bonchev–Trinajstić information content (AvgIpc) is 2.89. The van der Waals surface area contributed by atoms with Crippen molar-refractivity contribution in [1.29, 1.82) is 0 Å². The molecule has 118 valence electrons. The number of fused-ring (bicyclic) bond motifs is 1. The van der Waals surface area contributed by atoms with Crippen LogP contribution in [0.25, 0.3) is 11.0 Å². The van der Waals surface area contributed by atoms with E-state index in [0.29, 0.717) is 13.0 Å². The number of rotatable bonds is 5. The van der Waals surface area contributed by atoms with Crippen LogP contribution < -0.4 is 10.1 Å². The highest BCUT2D eigenvalue weighted by Crippen LogP contribution is 2.17. The van der Waals surface area contributed by atoms with E-state index >= 15 is 0 Å². The first kappa shape index (κ1) is 15.1. The van der Waals surface area contributed by atoms with Crippen molar-refractivity contribution in [2.45, 2.75) is 20.3 Å². The summed E-state index contributed by atoms with van der Waals surface area (Å²) in [5.41, 5.74) is 3.58. The molecule has 2 N–H and O–H groups in total. The van der Waals surface area contributed by atoms with E-state index in [1.54, 1.807) is 0 Å². The van der Waals surface area contributed by atoms with E-state index < -0.39 is 0 Å². The molecule has 0 saturated heterocycles. The lowest BCUT2D eigenvalue weighted by Crippen LogP contribution is -2.14. The van der Waals surface area contributed by atoms with E-state index in [1.165, 1.54) is 0 Å². The number of nitrogens with one attached hydrogen (secondary N) is 2. The molecule has 0 unspecified atom stereocenters. The van der Waals surface area contributed by atoms with Crippen LogP contribution in [-0.2, 0) is 11.2 Å². The summed E-state index contributed by atoms with van der Waals surface area (Å²) < 4.78 is 5.38. The zero-order chi connectivity index (χ0) is 16.2. The zero-order valence-electron chi connectivity index (χ0n) is 13.2. The molecule has 1 heterocycles. The third kappa shape index (κ3) is 3.69. The number of ether oxygens (including phenoxy) is 1. The molecule has 0 aliphatic rings. The molecule has 1 amide bonds. The molecule has 0 aliphatic heterocycles. The Bertz CT molecular complexity index is 822. The Morgan fingerprint density at radius 3 is 2.74 bits per heavy atom. The van der Waals surface area contributed by atoms with Gasteiger partial charge >= 0.3 is 0 Å². The zero-order valence-corrected chi connectivity index (χ0v) is 13.2. The summed E-state index contributed by atoms with van der Waals surface area (Å²) in [6.45, 7) is 4.48. The van der Waals surface area contributed by atoms with E-state index in [2.05, 4.69) is 15.3 Å². The molecule has 2 aromatic carbocycles. The number of anilines is 1. The third-order valence-electron chi connectivity index (χ3n) is 3.48. The number of aryl methyl sites for hydroxylation is 1. The van der Waals surface area contributed by atoms with Gasteiger partial charge in [-0.1, -0.05) is 6.07 Å². The number of aromatic amines is 1. The van der Waals surface area contributed by atoms with Gasteiger partial charge in [0.05, 0.1) is 24.1 Å². The molecule has 1 aromatic heterocycles. The number of carbonyl (C=O) groups is 1. The molecular formula is C18H19N3O2. The van der Waals surface area contributed by atoms with Crippen molar-refractivity contribution in [3.05, 3.63) is 53.9 Å². The first-order valence-corrected chi connectivity index (χ1v) is 7.62. The monoisotopic (exact) mass is 309 g/mol. The fourth-order valence-electron chi connectivity index (χ4n) is 2.49. The van der Waals surface area contributed by atoms with Gasteiger partial charge in [0.2, 0.25) is 5.91 Å². The molecule has 3 aromatic rings. The molecule has 5 nitrogen and oxygen atoms in total.